The molecule has 0 saturated carbocycles. The normalized spacial score (nSPS) is 12.3. The van der Waals surface area contributed by atoms with Gasteiger partial charge in [-0.05, 0) is 56.6 Å². The van der Waals surface area contributed by atoms with Crippen LogP contribution in [-0.4, -0.2) is 31.7 Å². The molecule has 1 amide bonds. The molecule has 0 bridgehead atoms. The highest BCUT2D eigenvalue weighted by molar-refractivity contribution is 7.98. The molecule has 0 fully saturated rings. The van der Waals surface area contributed by atoms with Gasteiger partial charge in [-0.15, -0.1) is 5.10 Å². The van der Waals surface area contributed by atoms with Crippen molar-refractivity contribution in [3.8, 4) is 0 Å². The summed E-state index contributed by atoms with van der Waals surface area (Å²) in [6.07, 6.45) is 4.00. The van der Waals surface area contributed by atoms with Gasteiger partial charge in [0.15, 0.2) is 0 Å². The minimum atomic E-state index is -0.0133. The van der Waals surface area contributed by atoms with Crippen molar-refractivity contribution < 1.29 is 4.79 Å². The molecule has 0 aliphatic rings. The van der Waals surface area contributed by atoms with E-state index in [0.29, 0.717) is 23.8 Å². The molecule has 28 heavy (non-hydrogen) atoms. The second-order valence-electron chi connectivity index (χ2n) is 6.96. The Bertz CT molecular complexity index is 981. The highest BCUT2D eigenvalue weighted by atomic mass is 32.2. The van der Waals surface area contributed by atoms with Crippen molar-refractivity contribution in [3.05, 3.63) is 52.3 Å². The molecule has 2 aromatic heterocycles. The number of hydrogen-bond donors (Lipinski definition) is 1. The molecule has 1 aromatic carbocycles. The molecule has 1 unspecified atom stereocenters. The molecular formula is C21H27N5OS. The van der Waals surface area contributed by atoms with Crippen LogP contribution in [0.4, 0.5) is 0 Å². The number of hydrogen-bond acceptors (Lipinski definition) is 5. The molecule has 0 spiro atoms. The highest BCUT2D eigenvalue weighted by Gasteiger charge is 2.15. The number of aryl methyl sites for hydroxylation is 3. The fourth-order valence-corrected chi connectivity index (χ4v) is 3.65. The Labute approximate surface area is 170 Å². The molecule has 0 radical (unpaired) electrons. The number of amides is 1. The summed E-state index contributed by atoms with van der Waals surface area (Å²) in [5, 5.41) is 8.26. The summed E-state index contributed by atoms with van der Waals surface area (Å²) in [7, 11) is 0. The third-order valence-corrected chi connectivity index (χ3v) is 5.62. The third kappa shape index (κ3) is 4.35. The zero-order chi connectivity index (χ0) is 20.3. The second kappa shape index (κ2) is 8.73. The third-order valence-electron chi connectivity index (χ3n) is 5.08. The Morgan fingerprint density at radius 1 is 1.21 bits per heavy atom. The molecule has 1 atom stereocenters. The van der Waals surface area contributed by atoms with E-state index in [4.69, 9.17) is 0 Å². The van der Waals surface area contributed by atoms with Crippen molar-refractivity contribution in [2.75, 3.05) is 6.26 Å². The quantitative estimate of drug-likeness (QED) is 0.613. The number of thioether (sulfide) groups is 1. The van der Waals surface area contributed by atoms with Crippen molar-refractivity contribution in [3.63, 3.8) is 0 Å². The number of rotatable bonds is 7. The van der Waals surface area contributed by atoms with E-state index in [1.54, 1.807) is 4.52 Å². The van der Waals surface area contributed by atoms with Gasteiger partial charge in [0.05, 0.1) is 6.04 Å². The molecule has 0 aliphatic carbocycles. The van der Waals surface area contributed by atoms with E-state index >= 15 is 0 Å². The van der Waals surface area contributed by atoms with Crippen LogP contribution >= 0.6 is 11.8 Å². The summed E-state index contributed by atoms with van der Waals surface area (Å²) >= 11 is 1.49. The van der Waals surface area contributed by atoms with Crippen molar-refractivity contribution in [1.82, 2.24) is 24.9 Å². The molecular weight excluding hydrogens is 370 g/mol. The molecule has 3 rings (SSSR count). The first-order valence-corrected chi connectivity index (χ1v) is 10.8. The van der Waals surface area contributed by atoms with E-state index in [0.717, 1.165) is 28.9 Å². The molecule has 148 valence electrons. The number of carbonyl (C=O) groups excluding carboxylic acids is 1. The van der Waals surface area contributed by atoms with E-state index in [1.807, 2.05) is 27.0 Å². The average molecular weight is 398 g/mol. The van der Waals surface area contributed by atoms with Crippen LogP contribution < -0.4 is 5.32 Å². The minimum Gasteiger partial charge on any atom is -0.350 e. The number of nitrogens with zero attached hydrogens (tertiary/aromatic N) is 4. The maximum Gasteiger partial charge on any atom is 0.253 e. The smallest absolute Gasteiger partial charge is 0.253 e. The van der Waals surface area contributed by atoms with Crippen molar-refractivity contribution >= 4 is 23.4 Å². The SMILES string of the molecule is CCc1ccc(C(C)NC(=O)CCc2c(C)nc3nc(SC)nn3c2C)cc1. The van der Waals surface area contributed by atoms with E-state index < -0.39 is 0 Å². The first-order valence-electron chi connectivity index (χ1n) is 9.58. The fourth-order valence-electron chi connectivity index (χ4n) is 3.32. The van der Waals surface area contributed by atoms with Gasteiger partial charge in [0.1, 0.15) is 0 Å². The van der Waals surface area contributed by atoms with Crippen LogP contribution in [0, 0.1) is 13.8 Å². The van der Waals surface area contributed by atoms with Crippen molar-refractivity contribution in [1.29, 1.82) is 0 Å². The van der Waals surface area contributed by atoms with Crippen LogP contribution in [-0.2, 0) is 17.6 Å². The van der Waals surface area contributed by atoms with Gasteiger partial charge in [-0.3, -0.25) is 4.79 Å². The van der Waals surface area contributed by atoms with Crippen LogP contribution in [0.1, 0.15) is 54.4 Å². The number of fused-ring (bicyclic) bond motifs is 1. The summed E-state index contributed by atoms with van der Waals surface area (Å²) in [6.45, 7) is 8.12. The molecule has 6 nitrogen and oxygen atoms in total. The number of carbonyl (C=O) groups is 1. The second-order valence-corrected chi connectivity index (χ2v) is 7.73. The molecule has 2 heterocycles. The van der Waals surface area contributed by atoms with Gasteiger partial charge in [-0.2, -0.15) is 4.98 Å². The van der Waals surface area contributed by atoms with Crippen molar-refractivity contribution in [2.45, 2.75) is 58.2 Å². The van der Waals surface area contributed by atoms with Gasteiger partial charge in [-0.1, -0.05) is 43.0 Å². The largest absolute Gasteiger partial charge is 0.350 e. The Morgan fingerprint density at radius 2 is 1.93 bits per heavy atom. The zero-order valence-electron chi connectivity index (χ0n) is 17.1. The molecule has 0 aliphatic heterocycles. The molecule has 1 N–H and O–H groups in total. The molecule has 7 heteroatoms. The monoisotopic (exact) mass is 397 g/mol. The molecule has 0 saturated heterocycles. The fraction of sp³-hybridized carbons (Fsp3) is 0.429. The average Bonchev–Trinajstić information content (AvgIpc) is 3.11. The maximum atomic E-state index is 12.5. The Morgan fingerprint density at radius 3 is 2.57 bits per heavy atom. The minimum absolute atomic E-state index is 0.0133. The lowest BCUT2D eigenvalue weighted by Gasteiger charge is -2.15. The molecule has 3 aromatic rings. The van der Waals surface area contributed by atoms with E-state index in [-0.39, 0.29) is 11.9 Å². The van der Waals surface area contributed by atoms with Crippen LogP contribution in [0.25, 0.3) is 5.78 Å². The maximum absolute atomic E-state index is 12.5. The summed E-state index contributed by atoms with van der Waals surface area (Å²) in [5.74, 6) is 0.644. The standard InChI is InChI=1S/C21H27N5OS/c1-6-16-7-9-17(10-8-16)13(2)22-19(27)12-11-18-14(3)23-20-24-21(28-5)25-26(20)15(18)4/h7-10,13H,6,11-12H2,1-5H3,(H,22,27). The highest BCUT2D eigenvalue weighted by Crippen LogP contribution is 2.19. The van der Waals surface area contributed by atoms with Crippen LogP contribution in [0.15, 0.2) is 29.4 Å². The summed E-state index contributed by atoms with van der Waals surface area (Å²) in [5.41, 5.74) is 5.37. The number of benzene rings is 1. The lowest BCUT2D eigenvalue weighted by atomic mass is 10.0. The van der Waals surface area contributed by atoms with Gasteiger partial charge >= 0.3 is 0 Å². The Kier molecular flexibility index (Phi) is 6.34. The van der Waals surface area contributed by atoms with E-state index in [1.165, 1.54) is 17.3 Å². The van der Waals surface area contributed by atoms with Gasteiger partial charge in [0, 0.05) is 17.8 Å². The summed E-state index contributed by atoms with van der Waals surface area (Å²) in [6, 6.07) is 8.40. The van der Waals surface area contributed by atoms with Gasteiger partial charge in [0.2, 0.25) is 11.1 Å². The van der Waals surface area contributed by atoms with Gasteiger partial charge < -0.3 is 5.32 Å². The van der Waals surface area contributed by atoms with Crippen LogP contribution in [0.3, 0.4) is 0 Å². The van der Waals surface area contributed by atoms with Gasteiger partial charge in [0.25, 0.3) is 5.78 Å². The van der Waals surface area contributed by atoms with Crippen LogP contribution in [0.2, 0.25) is 0 Å². The predicted octanol–water partition coefficient (Wildman–Crippen LogP) is 3.84. The van der Waals surface area contributed by atoms with Gasteiger partial charge in [-0.25, -0.2) is 9.50 Å². The first-order chi connectivity index (χ1) is 13.4. The number of nitrogens with one attached hydrogen (secondary N) is 1. The number of aromatic nitrogens is 4. The predicted molar refractivity (Wildman–Crippen MR) is 113 cm³/mol. The Hall–Kier alpha value is -2.41. The van der Waals surface area contributed by atoms with E-state index in [9.17, 15) is 4.79 Å². The first kappa shape index (κ1) is 20.3. The summed E-state index contributed by atoms with van der Waals surface area (Å²) < 4.78 is 1.77. The lowest BCUT2D eigenvalue weighted by molar-refractivity contribution is -0.121. The van der Waals surface area contributed by atoms with E-state index in [2.05, 4.69) is 51.6 Å². The summed E-state index contributed by atoms with van der Waals surface area (Å²) in [4.78, 5) is 21.4. The zero-order valence-corrected chi connectivity index (χ0v) is 17.9. The Balaban J connectivity index is 1.66. The topological polar surface area (TPSA) is 72.2 Å². The van der Waals surface area contributed by atoms with Crippen LogP contribution in [0.5, 0.6) is 0 Å². The lowest BCUT2D eigenvalue weighted by Crippen LogP contribution is -2.27. The van der Waals surface area contributed by atoms with Crippen molar-refractivity contribution in [2.24, 2.45) is 0 Å².